The topological polar surface area (TPSA) is 59.6 Å². The second-order valence-electron chi connectivity index (χ2n) is 5.21. The molecule has 0 unspecified atom stereocenters. The minimum atomic E-state index is -0.319. The van der Waals surface area contributed by atoms with Crippen LogP contribution in [0, 0.1) is 6.92 Å². The molecule has 0 heterocycles. The molecule has 0 radical (unpaired) electrons. The summed E-state index contributed by atoms with van der Waals surface area (Å²) < 4.78 is 10.4. The summed E-state index contributed by atoms with van der Waals surface area (Å²) in [6, 6.07) is 13.1. The average Bonchev–Trinajstić information content (AvgIpc) is 2.61. The molecule has 0 atom stereocenters. The number of rotatable bonds is 5. The summed E-state index contributed by atoms with van der Waals surface area (Å²) in [7, 11) is 3.14. The largest absolute Gasteiger partial charge is 0.493 e. The molecule has 0 bridgehead atoms. The van der Waals surface area contributed by atoms with Crippen LogP contribution in [0.5, 0.6) is 11.5 Å². The first-order chi connectivity index (χ1) is 12.0. The molecule has 0 saturated heterocycles. The predicted octanol–water partition coefficient (Wildman–Crippen LogP) is 3.54. The van der Waals surface area contributed by atoms with E-state index in [9.17, 15) is 4.79 Å². The minimum Gasteiger partial charge on any atom is -0.493 e. The third kappa shape index (κ3) is 5.32. The van der Waals surface area contributed by atoms with Gasteiger partial charge in [0.05, 0.1) is 14.2 Å². The lowest BCUT2D eigenvalue weighted by Crippen LogP contribution is -2.33. The number of amides is 1. The zero-order chi connectivity index (χ0) is 18.2. The smallest absolute Gasteiger partial charge is 0.250 e. The Labute approximate surface area is 152 Å². The Morgan fingerprint density at radius 3 is 2.48 bits per heavy atom. The van der Waals surface area contributed by atoms with E-state index in [0.29, 0.717) is 11.5 Å². The van der Waals surface area contributed by atoms with Gasteiger partial charge in [-0.05, 0) is 54.5 Å². The number of nitrogens with one attached hydrogen (secondary N) is 2. The summed E-state index contributed by atoms with van der Waals surface area (Å²) in [6.45, 7) is 1.96. The maximum absolute atomic E-state index is 12.0. The van der Waals surface area contributed by atoms with Crippen LogP contribution in [-0.4, -0.2) is 25.2 Å². The molecule has 0 spiro atoms. The van der Waals surface area contributed by atoms with E-state index in [1.807, 2.05) is 37.3 Å². The van der Waals surface area contributed by atoms with Crippen molar-refractivity contribution in [2.75, 3.05) is 19.5 Å². The van der Waals surface area contributed by atoms with E-state index in [2.05, 4.69) is 10.6 Å². The molecule has 0 fully saturated rings. The normalized spacial score (nSPS) is 10.4. The summed E-state index contributed by atoms with van der Waals surface area (Å²) in [5.41, 5.74) is 2.71. The summed E-state index contributed by atoms with van der Waals surface area (Å²) in [5, 5.41) is 5.86. The Balaban J connectivity index is 1.96. The summed E-state index contributed by atoms with van der Waals surface area (Å²) in [6.07, 6.45) is 3.08. The number of hydrogen-bond acceptors (Lipinski definition) is 4. The van der Waals surface area contributed by atoms with Gasteiger partial charge in [0.15, 0.2) is 16.6 Å². The van der Waals surface area contributed by atoms with E-state index in [1.165, 1.54) is 6.08 Å². The van der Waals surface area contributed by atoms with Crippen molar-refractivity contribution in [2.45, 2.75) is 6.92 Å². The van der Waals surface area contributed by atoms with Crippen molar-refractivity contribution in [3.63, 3.8) is 0 Å². The van der Waals surface area contributed by atoms with Crippen LogP contribution in [-0.2, 0) is 4.79 Å². The number of benzene rings is 2. The van der Waals surface area contributed by atoms with Crippen LogP contribution in [0.4, 0.5) is 5.69 Å². The molecular formula is C19H20N2O3S. The Morgan fingerprint density at radius 2 is 1.80 bits per heavy atom. The number of para-hydroxylation sites is 1. The van der Waals surface area contributed by atoms with Gasteiger partial charge in [0.25, 0.3) is 0 Å². The molecule has 0 aliphatic rings. The highest BCUT2D eigenvalue weighted by atomic mass is 32.1. The first kappa shape index (κ1) is 18.5. The van der Waals surface area contributed by atoms with Gasteiger partial charge in [-0.25, -0.2) is 0 Å². The van der Waals surface area contributed by atoms with E-state index in [1.54, 1.807) is 32.4 Å². The molecule has 6 heteroatoms. The van der Waals surface area contributed by atoms with E-state index < -0.39 is 0 Å². The predicted molar refractivity (Wildman–Crippen MR) is 104 cm³/mol. The Hall–Kier alpha value is -2.86. The number of methoxy groups -OCH3 is 2. The average molecular weight is 356 g/mol. The first-order valence-corrected chi connectivity index (χ1v) is 8.02. The monoisotopic (exact) mass is 356 g/mol. The van der Waals surface area contributed by atoms with Gasteiger partial charge in [-0.1, -0.05) is 24.3 Å². The maximum atomic E-state index is 12.0. The van der Waals surface area contributed by atoms with Crippen LogP contribution in [0.25, 0.3) is 6.08 Å². The first-order valence-electron chi connectivity index (χ1n) is 7.61. The molecule has 2 aromatic rings. The molecular weight excluding hydrogens is 336 g/mol. The highest BCUT2D eigenvalue weighted by Crippen LogP contribution is 2.27. The lowest BCUT2D eigenvalue weighted by molar-refractivity contribution is -0.115. The number of ether oxygens (including phenoxy) is 2. The van der Waals surface area contributed by atoms with Crippen molar-refractivity contribution in [1.82, 2.24) is 5.32 Å². The molecule has 5 nitrogen and oxygen atoms in total. The SMILES string of the molecule is COc1ccc(/C=C/C(=O)NC(=S)Nc2ccccc2C)cc1OC. The molecule has 2 N–H and O–H groups in total. The number of aryl methyl sites for hydroxylation is 1. The Bertz CT molecular complexity index is 803. The second kappa shape index (κ2) is 8.84. The standard InChI is InChI=1S/C19H20N2O3S/c1-13-6-4-5-7-15(13)20-19(25)21-18(22)11-9-14-8-10-16(23-2)17(12-14)24-3/h4-12H,1-3H3,(H2,20,21,22,25)/b11-9+. The molecule has 0 aromatic heterocycles. The molecule has 130 valence electrons. The van der Waals surface area contributed by atoms with E-state index >= 15 is 0 Å². The lowest BCUT2D eigenvalue weighted by atomic mass is 10.2. The van der Waals surface area contributed by atoms with Crippen LogP contribution in [0.15, 0.2) is 48.5 Å². The fourth-order valence-electron chi connectivity index (χ4n) is 2.15. The summed E-state index contributed by atoms with van der Waals surface area (Å²) >= 11 is 5.16. The molecule has 0 aliphatic heterocycles. The number of anilines is 1. The van der Waals surface area contributed by atoms with Crippen molar-refractivity contribution < 1.29 is 14.3 Å². The molecule has 0 saturated carbocycles. The van der Waals surface area contributed by atoms with E-state index in [0.717, 1.165) is 16.8 Å². The quantitative estimate of drug-likeness (QED) is 0.634. The van der Waals surface area contributed by atoms with Gasteiger partial charge in [-0.3, -0.25) is 10.1 Å². The van der Waals surface area contributed by atoms with Crippen LogP contribution in [0.1, 0.15) is 11.1 Å². The third-order valence-electron chi connectivity index (χ3n) is 3.46. The van der Waals surface area contributed by atoms with Crippen molar-refractivity contribution in [3.05, 3.63) is 59.7 Å². The highest BCUT2D eigenvalue weighted by molar-refractivity contribution is 7.80. The third-order valence-corrected chi connectivity index (χ3v) is 3.67. The van der Waals surface area contributed by atoms with Crippen molar-refractivity contribution >= 4 is 35.0 Å². The number of hydrogen-bond donors (Lipinski definition) is 2. The fraction of sp³-hybridized carbons (Fsp3) is 0.158. The number of carbonyl (C=O) groups is 1. The zero-order valence-corrected chi connectivity index (χ0v) is 15.1. The fourth-order valence-corrected chi connectivity index (χ4v) is 2.36. The van der Waals surface area contributed by atoms with E-state index in [4.69, 9.17) is 21.7 Å². The second-order valence-corrected chi connectivity index (χ2v) is 5.61. The molecule has 25 heavy (non-hydrogen) atoms. The van der Waals surface area contributed by atoms with Crippen LogP contribution < -0.4 is 20.1 Å². The van der Waals surface area contributed by atoms with Crippen molar-refractivity contribution in [1.29, 1.82) is 0 Å². The highest BCUT2D eigenvalue weighted by Gasteiger charge is 2.05. The van der Waals surface area contributed by atoms with Gasteiger partial charge < -0.3 is 14.8 Å². The van der Waals surface area contributed by atoms with Gasteiger partial charge >= 0.3 is 0 Å². The summed E-state index contributed by atoms with van der Waals surface area (Å²) in [5.74, 6) is 0.912. The zero-order valence-electron chi connectivity index (χ0n) is 14.3. The van der Waals surface area contributed by atoms with Gasteiger partial charge in [0.1, 0.15) is 0 Å². The molecule has 2 aromatic carbocycles. The van der Waals surface area contributed by atoms with Crippen LogP contribution in [0.3, 0.4) is 0 Å². The van der Waals surface area contributed by atoms with Crippen LogP contribution in [0.2, 0.25) is 0 Å². The van der Waals surface area contributed by atoms with E-state index in [-0.39, 0.29) is 11.0 Å². The molecule has 1 amide bonds. The van der Waals surface area contributed by atoms with Crippen LogP contribution >= 0.6 is 12.2 Å². The van der Waals surface area contributed by atoms with Gasteiger partial charge in [0, 0.05) is 11.8 Å². The van der Waals surface area contributed by atoms with Crippen molar-refractivity contribution in [3.8, 4) is 11.5 Å². The van der Waals surface area contributed by atoms with Gasteiger partial charge in [-0.15, -0.1) is 0 Å². The Morgan fingerprint density at radius 1 is 1.08 bits per heavy atom. The maximum Gasteiger partial charge on any atom is 0.250 e. The van der Waals surface area contributed by atoms with Gasteiger partial charge in [-0.2, -0.15) is 0 Å². The number of carbonyl (C=O) groups excluding carboxylic acids is 1. The van der Waals surface area contributed by atoms with Crippen molar-refractivity contribution in [2.24, 2.45) is 0 Å². The lowest BCUT2D eigenvalue weighted by Gasteiger charge is -2.10. The van der Waals surface area contributed by atoms with Gasteiger partial charge in [0.2, 0.25) is 5.91 Å². The summed E-state index contributed by atoms with van der Waals surface area (Å²) in [4.78, 5) is 12.0. The number of thiocarbonyl (C=S) groups is 1. The Kier molecular flexibility index (Phi) is 6.54. The molecule has 2 rings (SSSR count). The minimum absolute atomic E-state index is 0.247. The molecule has 0 aliphatic carbocycles.